The maximum absolute atomic E-state index is 12.8. The molecule has 0 aliphatic rings. The van der Waals surface area contributed by atoms with Crippen molar-refractivity contribution in [3.05, 3.63) is 72.9 Å². The molecule has 356 valence electrons. The topological polar surface area (TPSA) is 78.9 Å². The zero-order chi connectivity index (χ0) is 45.1. The second-order valence-corrected chi connectivity index (χ2v) is 17.2. The van der Waals surface area contributed by atoms with E-state index in [2.05, 4.69) is 93.7 Å². The molecule has 0 rings (SSSR count). The number of unbranched alkanes of at least 4 members (excludes halogenated alkanes) is 27. The Morgan fingerprint density at radius 1 is 0.339 bits per heavy atom. The van der Waals surface area contributed by atoms with Crippen LogP contribution in [0.5, 0.6) is 0 Å². The van der Waals surface area contributed by atoms with Gasteiger partial charge in [-0.25, -0.2) is 0 Å². The van der Waals surface area contributed by atoms with Crippen LogP contribution in [0.2, 0.25) is 0 Å². The smallest absolute Gasteiger partial charge is 0.306 e. The molecule has 0 heterocycles. The van der Waals surface area contributed by atoms with Crippen LogP contribution in [0.3, 0.4) is 0 Å². The van der Waals surface area contributed by atoms with Gasteiger partial charge in [-0.2, -0.15) is 0 Å². The van der Waals surface area contributed by atoms with Crippen molar-refractivity contribution in [1.29, 1.82) is 0 Å². The zero-order valence-electron chi connectivity index (χ0n) is 40.6. The number of rotatable bonds is 46. The van der Waals surface area contributed by atoms with Gasteiger partial charge in [0.05, 0.1) is 0 Å². The van der Waals surface area contributed by atoms with E-state index in [0.29, 0.717) is 19.3 Å². The molecule has 0 aromatic rings. The zero-order valence-corrected chi connectivity index (χ0v) is 40.6. The Morgan fingerprint density at radius 2 is 0.629 bits per heavy atom. The number of hydrogen-bond acceptors (Lipinski definition) is 6. The van der Waals surface area contributed by atoms with Crippen molar-refractivity contribution in [3.8, 4) is 0 Å². The molecule has 0 spiro atoms. The van der Waals surface area contributed by atoms with Gasteiger partial charge >= 0.3 is 17.9 Å². The van der Waals surface area contributed by atoms with E-state index in [1.165, 1.54) is 103 Å². The summed E-state index contributed by atoms with van der Waals surface area (Å²) in [5.41, 5.74) is 0. The lowest BCUT2D eigenvalue weighted by Crippen LogP contribution is -2.30. The summed E-state index contributed by atoms with van der Waals surface area (Å²) in [5, 5.41) is 0. The van der Waals surface area contributed by atoms with Gasteiger partial charge in [-0.15, -0.1) is 0 Å². The Kier molecular flexibility index (Phi) is 47.9. The van der Waals surface area contributed by atoms with Crippen LogP contribution in [0.1, 0.15) is 245 Å². The fourth-order valence-electron chi connectivity index (χ4n) is 7.15. The Bertz CT molecular complexity index is 1180. The third kappa shape index (κ3) is 47.9. The van der Waals surface area contributed by atoms with Crippen LogP contribution in [0.25, 0.3) is 0 Å². The van der Waals surface area contributed by atoms with Crippen molar-refractivity contribution in [2.75, 3.05) is 13.2 Å². The molecule has 0 aliphatic carbocycles. The highest BCUT2D eigenvalue weighted by Crippen LogP contribution is 2.15. The minimum atomic E-state index is -0.792. The fraction of sp³-hybridized carbons (Fsp3) is 0.732. The molecule has 6 nitrogen and oxygen atoms in total. The molecule has 62 heavy (non-hydrogen) atoms. The molecular formula is C56H96O6. The van der Waals surface area contributed by atoms with E-state index >= 15 is 0 Å². The minimum Gasteiger partial charge on any atom is -0.462 e. The number of hydrogen-bond donors (Lipinski definition) is 0. The van der Waals surface area contributed by atoms with Gasteiger partial charge in [-0.1, -0.05) is 235 Å². The molecule has 1 atom stereocenters. The third-order valence-electron chi connectivity index (χ3n) is 11.1. The van der Waals surface area contributed by atoms with Gasteiger partial charge in [0.1, 0.15) is 13.2 Å². The molecule has 0 saturated carbocycles. The van der Waals surface area contributed by atoms with Gasteiger partial charge in [0.15, 0.2) is 6.10 Å². The normalized spacial score (nSPS) is 12.6. The molecule has 0 N–H and O–H groups in total. The number of allylic oxidation sites excluding steroid dienone is 12. The van der Waals surface area contributed by atoms with Crippen molar-refractivity contribution < 1.29 is 28.6 Å². The second kappa shape index (κ2) is 50.5. The van der Waals surface area contributed by atoms with Crippen LogP contribution in [-0.2, 0) is 28.6 Å². The number of ether oxygens (including phenoxy) is 3. The first-order chi connectivity index (χ1) is 30.5. The maximum Gasteiger partial charge on any atom is 0.306 e. The molecule has 0 radical (unpaired) electrons. The first-order valence-electron chi connectivity index (χ1n) is 26.0. The van der Waals surface area contributed by atoms with E-state index in [9.17, 15) is 14.4 Å². The monoisotopic (exact) mass is 865 g/mol. The lowest BCUT2D eigenvalue weighted by atomic mass is 10.0. The minimum absolute atomic E-state index is 0.0893. The lowest BCUT2D eigenvalue weighted by molar-refractivity contribution is -0.167. The standard InChI is InChI=1S/C56H96O6/c1-4-7-10-13-16-19-22-25-26-27-28-29-32-34-37-40-43-46-49-55(58)61-52-53(62-56(59)50-47-44-41-38-35-31-24-21-18-15-12-9-6-3)51-60-54(57)48-45-42-39-36-33-30-23-20-17-14-11-8-5-2/h9,12,15,18,21-22,24-29,53H,4-8,10-11,13-14,16-17,19-20,23,30-52H2,1-3H3/b12-9+,18-15+,24-21+,25-22+,27-26+,29-28+. The number of carbonyl (C=O) groups excluding carboxylic acids is 3. The van der Waals surface area contributed by atoms with Gasteiger partial charge in [-0.3, -0.25) is 14.4 Å². The summed E-state index contributed by atoms with van der Waals surface area (Å²) in [6.45, 7) is 6.46. The van der Waals surface area contributed by atoms with E-state index in [0.717, 1.165) is 103 Å². The van der Waals surface area contributed by atoms with E-state index in [-0.39, 0.29) is 31.1 Å². The highest BCUT2D eigenvalue weighted by atomic mass is 16.6. The molecule has 1 unspecified atom stereocenters. The Morgan fingerprint density at radius 3 is 0.968 bits per heavy atom. The van der Waals surface area contributed by atoms with Crippen LogP contribution >= 0.6 is 0 Å². The lowest BCUT2D eigenvalue weighted by Gasteiger charge is -2.18. The molecule has 0 aliphatic heterocycles. The Hall–Kier alpha value is -3.15. The van der Waals surface area contributed by atoms with E-state index in [4.69, 9.17) is 14.2 Å². The first-order valence-corrected chi connectivity index (χ1v) is 26.0. The van der Waals surface area contributed by atoms with Crippen LogP contribution in [0.4, 0.5) is 0 Å². The highest BCUT2D eigenvalue weighted by Gasteiger charge is 2.19. The molecule has 0 aromatic carbocycles. The molecule has 0 amide bonds. The van der Waals surface area contributed by atoms with Gasteiger partial charge < -0.3 is 14.2 Å². The summed E-state index contributed by atoms with van der Waals surface area (Å²) in [4.78, 5) is 38.0. The number of esters is 3. The van der Waals surface area contributed by atoms with Crippen molar-refractivity contribution in [1.82, 2.24) is 0 Å². The summed E-state index contributed by atoms with van der Waals surface area (Å²) in [7, 11) is 0. The molecule has 6 heteroatoms. The average molecular weight is 865 g/mol. The number of carbonyl (C=O) groups is 3. The van der Waals surface area contributed by atoms with Crippen molar-refractivity contribution in [2.24, 2.45) is 0 Å². The van der Waals surface area contributed by atoms with Gasteiger partial charge in [-0.05, 0) is 64.2 Å². The van der Waals surface area contributed by atoms with Crippen molar-refractivity contribution in [2.45, 2.75) is 252 Å². The Balaban J connectivity index is 4.43. The van der Waals surface area contributed by atoms with Gasteiger partial charge in [0, 0.05) is 19.3 Å². The van der Waals surface area contributed by atoms with Gasteiger partial charge in [0.2, 0.25) is 0 Å². The Labute approximate surface area is 382 Å². The van der Waals surface area contributed by atoms with Crippen LogP contribution in [-0.4, -0.2) is 37.2 Å². The predicted octanol–water partition coefficient (Wildman–Crippen LogP) is 17.0. The SMILES string of the molecule is CC/C=C/C=C/C=C/CCCCCCCC(=O)OC(COC(=O)CCCCCCC/C=C/C=C/C=C/CCCCCCC)COC(=O)CCCCCCCCCCCCCCC. The van der Waals surface area contributed by atoms with E-state index in [1.54, 1.807) is 0 Å². The summed E-state index contributed by atoms with van der Waals surface area (Å²) in [5.74, 6) is -0.928. The van der Waals surface area contributed by atoms with E-state index < -0.39 is 6.10 Å². The summed E-state index contributed by atoms with van der Waals surface area (Å²) < 4.78 is 16.8. The fourth-order valence-corrected chi connectivity index (χ4v) is 7.15. The quantitative estimate of drug-likeness (QED) is 0.0262. The van der Waals surface area contributed by atoms with E-state index in [1.807, 2.05) is 0 Å². The van der Waals surface area contributed by atoms with Crippen molar-refractivity contribution >= 4 is 17.9 Å². The summed E-state index contributed by atoms with van der Waals surface area (Å²) in [6, 6.07) is 0. The summed E-state index contributed by atoms with van der Waals surface area (Å²) >= 11 is 0. The van der Waals surface area contributed by atoms with Crippen molar-refractivity contribution in [3.63, 3.8) is 0 Å². The first kappa shape index (κ1) is 58.9. The largest absolute Gasteiger partial charge is 0.462 e. The van der Waals surface area contributed by atoms with Crippen LogP contribution in [0, 0.1) is 0 Å². The van der Waals surface area contributed by atoms with Crippen LogP contribution < -0.4 is 0 Å². The predicted molar refractivity (Wildman–Crippen MR) is 265 cm³/mol. The molecule has 0 fully saturated rings. The molecule has 0 bridgehead atoms. The summed E-state index contributed by atoms with van der Waals surface area (Å²) in [6.07, 6.45) is 63.1. The average Bonchev–Trinajstić information content (AvgIpc) is 3.27. The van der Waals surface area contributed by atoms with Gasteiger partial charge in [0.25, 0.3) is 0 Å². The van der Waals surface area contributed by atoms with Crippen LogP contribution in [0.15, 0.2) is 72.9 Å². The third-order valence-corrected chi connectivity index (χ3v) is 11.1. The molecule has 0 aromatic heterocycles. The molecular weight excluding hydrogens is 769 g/mol. The maximum atomic E-state index is 12.8. The molecule has 0 saturated heterocycles. The second-order valence-electron chi connectivity index (χ2n) is 17.2. The highest BCUT2D eigenvalue weighted by molar-refractivity contribution is 5.71.